The molecule has 2 unspecified atom stereocenters. The lowest BCUT2D eigenvalue weighted by Crippen LogP contribution is -2.55. The van der Waals surface area contributed by atoms with Crippen LogP contribution in [0.3, 0.4) is 0 Å². The number of benzene rings is 1. The summed E-state index contributed by atoms with van der Waals surface area (Å²) < 4.78 is 5.24. The number of carboxylic acid groups (broad SMARTS) is 1. The van der Waals surface area contributed by atoms with Crippen LogP contribution < -0.4 is 5.32 Å². The Morgan fingerprint density at radius 1 is 1.36 bits per heavy atom. The summed E-state index contributed by atoms with van der Waals surface area (Å²) in [7, 11) is 0. The smallest absolute Gasteiger partial charge is 0.308 e. The molecule has 3 rings (SSSR count). The van der Waals surface area contributed by atoms with Gasteiger partial charge in [-0.05, 0) is 31.9 Å². The number of aliphatic carboxylic acids is 1. The minimum Gasteiger partial charge on any atom is -0.481 e. The van der Waals surface area contributed by atoms with E-state index in [-0.39, 0.29) is 5.69 Å². The first-order valence-electron chi connectivity index (χ1n) is 8.17. The van der Waals surface area contributed by atoms with Crippen LogP contribution in [-0.2, 0) is 4.79 Å². The SMILES string of the molecule is CC1(NC(=O)c2cc(-c3ccccc3Cl)on2)CCCCC1C(=O)O. The number of carboxylic acids is 1. The first-order chi connectivity index (χ1) is 11.9. The predicted octanol–water partition coefficient (Wildman–Crippen LogP) is 3.76. The van der Waals surface area contributed by atoms with Gasteiger partial charge in [-0.1, -0.05) is 41.7 Å². The molecule has 1 fully saturated rings. The third-order valence-electron chi connectivity index (χ3n) is 4.79. The molecule has 2 aromatic rings. The Bertz CT molecular complexity index is 804. The number of aromatic nitrogens is 1. The van der Waals surface area contributed by atoms with E-state index in [9.17, 15) is 14.7 Å². The highest BCUT2D eigenvalue weighted by molar-refractivity contribution is 6.33. The van der Waals surface area contributed by atoms with Gasteiger partial charge in [-0.25, -0.2) is 0 Å². The van der Waals surface area contributed by atoms with Crippen molar-refractivity contribution in [2.75, 3.05) is 0 Å². The maximum atomic E-state index is 12.6. The van der Waals surface area contributed by atoms with Crippen molar-refractivity contribution < 1.29 is 19.2 Å². The first-order valence-corrected chi connectivity index (χ1v) is 8.55. The number of halogens is 1. The van der Waals surface area contributed by atoms with Gasteiger partial charge in [-0.2, -0.15) is 0 Å². The van der Waals surface area contributed by atoms with Gasteiger partial charge >= 0.3 is 5.97 Å². The van der Waals surface area contributed by atoms with Crippen LogP contribution >= 0.6 is 11.6 Å². The normalized spacial score (nSPS) is 23.2. The molecule has 0 spiro atoms. The Labute approximate surface area is 150 Å². The number of hydrogen-bond acceptors (Lipinski definition) is 4. The van der Waals surface area contributed by atoms with Gasteiger partial charge in [0, 0.05) is 11.6 Å². The van der Waals surface area contributed by atoms with Crippen molar-refractivity contribution in [2.24, 2.45) is 5.92 Å². The fourth-order valence-electron chi connectivity index (χ4n) is 3.37. The molecule has 2 atom stereocenters. The van der Waals surface area contributed by atoms with E-state index in [0.717, 1.165) is 12.8 Å². The Hall–Kier alpha value is -2.34. The molecule has 0 radical (unpaired) electrons. The van der Waals surface area contributed by atoms with Gasteiger partial charge in [-0.3, -0.25) is 9.59 Å². The molecular weight excluding hydrogens is 344 g/mol. The average molecular weight is 363 g/mol. The van der Waals surface area contributed by atoms with E-state index in [1.54, 1.807) is 25.1 Å². The fraction of sp³-hybridized carbons (Fsp3) is 0.389. The third-order valence-corrected chi connectivity index (χ3v) is 5.12. The summed E-state index contributed by atoms with van der Waals surface area (Å²) in [6.07, 6.45) is 2.90. The molecular formula is C18H19ClN2O4. The maximum Gasteiger partial charge on any atom is 0.308 e. The summed E-state index contributed by atoms with van der Waals surface area (Å²) in [5.74, 6) is -1.56. The standard InChI is InChI=1S/C18H19ClN2O4/c1-18(9-5-4-7-12(18)17(23)24)20-16(22)14-10-15(25-21-14)11-6-2-3-8-13(11)19/h2-3,6,8,10,12H,4-5,7,9H2,1H3,(H,20,22)(H,23,24). The second kappa shape index (κ2) is 6.88. The molecule has 1 heterocycles. The Morgan fingerprint density at radius 2 is 2.12 bits per heavy atom. The number of amides is 1. The summed E-state index contributed by atoms with van der Waals surface area (Å²) >= 11 is 6.13. The minimum atomic E-state index is -0.889. The van der Waals surface area contributed by atoms with Crippen LogP contribution in [0.15, 0.2) is 34.9 Å². The molecule has 1 amide bonds. The lowest BCUT2D eigenvalue weighted by atomic mass is 9.74. The molecule has 0 aliphatic heterocycles. The van der Waals surface area contributed by atoms with E-state index in [1.165, 1.54) is 6.07 Å². The van der Waals surface area contributed by atoms with Crippen molar-refractivity contribution in [3.8, 4) is 11.3 Å². The molecule has 25 heavy (non-hydrogen) atoms. The van der Waals surface area contributed by atoms with E-state index < -0.39 is 23.3 Å². The quantitative estimate of drug-likeness (QED) is 0.863. The Balaban J connectivity index is 1.80. The zero-order valence-corrected chi connectivity index (χ0v) is 14.5. The van der Waals surface area contributed by atoms with Crippen LogP contribution in [0.25, 0.3) is 11.3 Å². The molecule has 1 aliphatic carbocycles. The Kier molecular flexibility index (Phi) is 4.81. The number of nitrogens with one attached hydrogen (secondary N) is 1. The Morgan fingerprint density at radius 3 is 2.84 bits per heavy atom. The van der Waals surface area contributed by atoms with Crippen molar-refractivity contribution >= 4 is 23.5 Å². The van der Waals surface area contributed by atoms with E-state index in [1.807, 2.05) is 6.07 Å². The van der Waals surface area contributed by atoms with Crippen LogP contribution in [0, 0.1) is 5.92 Å². The van der Waals surface area contributed by atoms with Gasteiger partial charge < -0.3 is 14.9 Å². The van der Waals surface area contributed by atoms with Crippen LogP contribution in [-0.4, -0.2) is 27.7 Å². The average Bonchev–Trinajstić information content (AvgIpc) is 3.05. The monoisotopic (exact) mass is 362 g/mol. The molecule has 6 nitrogen and oxygen atoms in total. The van der Waals surface area contributed by atoms with Crippen molar-refractivity contribution in [3.63, 3.8) is 0 Å². The number of carbonyl (C=O) groups excluding carboxylic acids is 1. The third kappa shape index (κ3) is 3.54. The second-order valence-corrected chi connectivity index (χ2v) is 6.97. The van der Waals surface area contributed by atoms with Crippen molar-refractivity contribution in [1.82, 2.24) is 10.5 Å². The summed E-state index contributed by atoms with van der Waals surface area (Å²) in [6.45, 7) is 1.78. The lowest BCUT2D eigenvalue weighted by molar-refractivity contribution is -0.145. The predicted molar refractivity (Wildman–Crippen MR) is 92.4 cm³/mol. The van der Waals surface area contributed by atoms with E-state index in [4.69, 9.17) is 16.1 Å². The van der Waals surface area contributed by atoms with Crippen molar-refractivity contribution in [3.05, 3.63) is 41.0 Å². The zero-order chi connectivity index (χ0) is 18.0. The number of nitrogens with zero attached hydrogens (tertiary/aromatic N) is 1. The van der Waals surface area contributed by atoms with E-state index in [2.05, 4.69) is 10.5 Å². The molecule has 1 aromatic carbocycles. The zero-order valence-electron chi connectivity index (χ0n) is 13.8. The molecule has 2 N–H and O–H groups in total. The highest BCUT2D eigenvalue weighted by atomic mass is 35.5. The highest BCUT2D eigenvalue weighted by Gasteiger charge is 2.42. The first kappa shape index (κ1) is 17.5. The summed E-state index contributed by atoms with van der Waals surface area (Å²) in [4.78, 5) is 24.1. The van der Waals surface area contributed by atoms with Crippen LogP contribution in [0.5, 0.6) is 0 Å². The lowest BCUT2D eigenvalue weighted by Gasteiger charge is -2.39. The largest absolute Gasteiger partial charge is 0.481 e. The van der Waals surface area contributed by atoms with E-state index in [0.29, 0.717) is 29.2 Å². The number of carbonyl (C=O) groups is 2. The van der Waals surface area contributed by atoms with Crippen LogP contribution in [0.1, 0.15) is 43.1 Å². The fourth-order valence-corrected chi connectivity index (χ4v) is 3.60. The van der Waals surface area contributed by atoms with Gasteiger partial charge in [0.05, 0.1) is 16.5 Å². The highest BCUT2D eigenvalue weighted by Crippen LogP contribution is 2.34. The summed E-state index contributed by atoms with van der Waals surface area (Å²) in [5, 5.41) is 16.6. The second-order valence-electron chi connectivity index (χ2n) is 6.56. The molecule has 1 aliphatic rings. The van der Waals surface area contributed by atoms with Gasteiger partial charge in [0.2, 0.25) is 0 Å². The molecule has 0 bridgehead atoms. The van der Waals surface area contributed by atoms with Gasteiger partial charge in [0.15, 0.2) is 11.5 Å². The van der Waals surface area contributed by atoms with Crippen molar-refractivity contribution in [1.29, 1.82) is 0 Å². The summed E-state index contributed by atoms with van der Waals surface area (Å²) in [6, 6.07) is 8.61. The summed E-state index contributed by atoms with van der Waals surface area (Å²) in [5.41, 5.74) is -0.0566. The van der Waals surface area contributed by atoms with Gasteiger partial charge in [0.1, 0.15) is 0 Å². The van der Waals surface area contributed by atoms with Crippen molar-refractivity contribution in [2.45, 2.75) is 38.1 Å². The molecule has 7 heteroatoms. The van der Waals surface area contributed by atoms with Crippen LogP contribution in [0.4, 0.5) is 0 Å². The topological polar surface area (TPSA) is 92.4 Å². The van der Waals surface area contributed by atoms with E-state index >= 15 is 0 Å². The minimum absolute atomic E-state index is 0.103. The van der Waals surface area contributed by atoms with Gasteiger partial charge in [0.25, 0.3) is 5.91 Å². The molecule has 1 saturated carbocycles. The number of hydrogen-bond donors (Lipinski definition) is 2. The maximum absolute atomic E-state index is 12.6. The molecule has 0 saturated heterocycles. The van der Waals surface area contributed by atoms with Crippen LogP contribution in [0.2, 0.25) is 5.02 Å². The number of rotatable bonds is 4. The van der Waals surface area contributed by atoms with Gasteiger partial charge in [-0.15, -0.1) is 0 Å². The molecule has 1 aromatic heterocycles. The molecule has 132 valence electrons.